The second-order valence-electron chi connectivity index (χ2n) is 4.70. The molecule has 0 saturated carbocycles. The van der Waals surface area contributed by atoms with Gasteiger partial charge in [-0.15, -0.1) is 0 Å². The Morgan fingerprint density at radius 3 is 3.00 bits per heavy atom. The molecule has 0 bridgehead atoms. The van der Waals surface area contributed by atoms with Gasteiger partial charge in [-0.25, -0.2) is 18.1 Å². The molecular formula is C13H21N3O2S3. The fourth-order valence-electron chi connectivity index (χ4n) is 1.92. The standard InChI is InChI=1S/C13H21N3O2S3/c1-2-5-14-13-12(4-3-6-15-13)21(17,18)16-9-11-10-19-7-8-20-11/h3-4,6,11,16H,2,5,7-10H2,1H3,(H,14,15). The van der Waals surface area contributed by atoms with E-state index in [0.29, 0.717) is 24.2 Å². The zero-order valence-corrected chi connectivity index (χ0v) is 14.5. The van der Waals surface area contributed by atoms with Crippen molar-refractivity contribution in [2.75, 3.05) is 35.7 Å². The SMILES string of the molecule is CCCNc1ncccc1S(=O)(=O)NCC1CSCCS1. The molecule has 1 atom stereocenters. The topological polar surface area (TPSA) is 71.1 Å². The highest BCUT2D eigenvalue weighted by molar-refractivity contribution is 8.06. The average Bonchev–Trinajstić information content (AvgIpc) is 2.52. The summed E-state index contributed by atoms with van der Waals surface area (Å²) in [5.74, 6) is 3.67. The van der Waals surface area contributed by atoms with Gasteiger partial charge in [0.2, 0.25) is 10.0 Å². The maximum absolute atomic E-state index is 12.5. The van der Waals surface area contributed by atoms with Crippen LogP contribution < -0.4 is 10.0 Å². The van der Waals surface area contributed by atoms with Crippen LogP contribution in [0.3, 0.4) is 0 Å². The monoisotopic (exact) mass is 347 g/mol. The van der Waals surface area contributed by atoms with E-state index in [9.17, 15) is 8.42 Å². The van der Waals surface area contributed by atoms with Gasteiger partial charge < -0.3 is 5.32 Å². The Balaban J connectivity index is 2.04. The van der Waals surface area contributed by atoms with Gasteiger partial charge in [0.1, 0.15) is 10.7 Å². The van der Waals surface area contributed by atoms with Gasteiger partial charge in [0.25, 0.3) is 0 Å². The number of rotatable bonds is 7. The molecule has 0 aliphatic carbocycles. The minimum atomic E-state index is -3.52. The summed E-state index contributed by atoms with van der Waals surface area (Å²) in [5.41, 5.74) is 0. The van der Waals surface area contributed by atoms with E-state index < -0.39 is 10.0 Å². The lowest BCUT2D eigenvalue weighted by Gasteiger charge is -2.21. The number of hydrogen-bond acceptors (Lipinski definition) is 6. The number of nitrogens with one attached hydrogen (secondary N) is 2. The summed E-state index contributed by atoms with van der Waals surface area (Å²) < 4.78 is 27.6. The van der Waals surface area contributed by atoms with Crippen molar-refractivity contribution in [2.45, 2.75) is 23.5 Å². The molecule has 2 N–H and O–H groups in total. The van der Waals surface area contributed by atoms with Crippen LogP contribution in [-0.4, -0.2) is 49.0 Å². The van der Waals surface area contributed by atoms with Gasteiger partial charge in [0.05, 0.1) is 0 Å². The Bertz CT molecular complexity index is 545. The molecule has 0 aromatic carbocycles. The second kappa shape index (κ2) is 8.26. The van der Waals surface area contributed by atoms with E-state index >= 15 is 0 Å². The number of nitrogens with zero attached hydrogens (tertiary/aromatic N) is 1. The largest absolute Gasteiger partial charge is 0.369 e. The highest BCUT2D eigenvalue weighted by Crippen LogP contribution is 2.24. The average molecular weight is 348 g/mol. The van der Waals surface area contributed by atoms with Crippen LogP contribution in [0.4, 0.5) is 5.82 Å². The molecule has 1 saturated heterocycles. The number of anilines is 1. The second-order valence-corrected chi connectivity index (χ2v) is 8.99. The fraction of sp³-hybridized carbons (Fsp3) is 0.615. The molecule has 8 heteroatoms. The third-order valence-corrected chi connectivity index (χ3v) is 7.29. The number of thioether (sulfide) groups is 2. The van der Waals surface area contributed by atoms with Crippen LogP contribution in [0.15, 0.2) is 23.2 Å². The van der Waals surface area contributed by atoms with E-state index in [1.54, 1.807) is 18.3 Å². The van der Waals surface area contributed by atoms with E-state index in [-0.39, 0.29) is 4.90 Å². The fourth-order valence-corrected chi connectivity index (χ4v) is 5.85. The molecule has 2 heterocycles. The van der Waals surface area contributed by atoms with Crippen LogP contribution in [0.25, 0.3) is 0 Å². The van der Waals surface area contributed by atoms with Gasteiger partial charge in [-0.2, -0.15) is 23.5 Å². The molecule has 1 aromatic heterocycles. The van der Waals surface area contributed by atoms with Crippen molar-refractivity contribution in [1.82, 2.24) is 9.71 Å². The lowest BCUT2D eigenvalue weighted by molar-refractivity contribution is 0.581. The molecule has 5 nitrogen and oxygen atoms in total. The van der Waals surface area contributed by atoms with Crippen molar-refractivity contribution < 1.29 is 8.42 Å². The third-order valence-electron chi connectivity index (χ3n) is 2.99. The lowest BCUT2D eigenvalue weighted by Crippen LogP contribution is -2.33. The predicted molar refractivity (Wildman–Crippen MR) is 91.8 cm³/mol. The van der Waals surface area contributed by atoms with Crippen molar-refractivity contribution in [3.8, 4) is 0 Å². The Morgan fingerprint density at radius 1 is 1.43 bits per heavy atom. The molecule has 1 fully saturated rings. The number of hydrogen-bond donors (Lipinski definition) is 2. The van der Waals surface area contributed by atoms with Crippen molar-refractivity contribution in [1.29, 1.82) is 0 Å². The van der Waals surface area contributed by atoms with Crippen LogP contribution in [0.2, 0.25) is 0 Å². The molecule has 1 aliphatic heterocycles. The first-order chi connectivity index (χ1) is 10.1. The summed E-state index contributed by atoms with van der Waals surface area (Å²) in [6.45, 7) is 3.21. The van der Waals surface area contributed by atoms with Gasteiger partial charge in [-0.05, 0) is 18.6 Å². The Labute approximate surface area is 135 Å². The summed E-state index contributed by atoms with van der Waals surface area (Å²) >= 11 is 3.72. The number of sulfonamides is 1. The predicted octanol–water partition coefficient (Wildman–Crippen LogP) is 2.03. The first-order valence-electron chi connectivity index (χ1n) is 7.01. The van der Waals surface area contributed by atoms with Crippen molar-refractivity contribution in [3.05, 3.63) is 18.3 Å². The van der Waals surface area contributed by atoms with E-state index in [0.717, 1.165) is 23.7 Å². The first kappa shape index (κ1) is 16.9. The summed E-state index contributed by atoms with van der Waals surface area (Å²) in [5, 5.41) is 3.42. The Hall–Kier alpha value is -0.440. The van der Waals surface area contributed by atoms with Gasteiger partial charge >= 0.3 is 0 Å². The van der Waals surface area contributed by atoms with Gasteiger partial charge in [0, 0.05) is 41.8 Å². The number of pyridine rings is 1. The summed E-state index contributed by atoms with van der Waals surface area (Å²) in [6.07, 6.45) is 2.52. The summed E-state index contributed by atoms with van der Waals surface area (Å²) in [7, 11) is -3.52. The molecule has 1 aromatic rings. The van der Waals surface area contributed by atoms with Crippen LogP contribution in [0.5, 0.6) is 0 Å². The Kier molecular flexibility index (Phi) is 6.66. The molecule has 0 spiro atoms. The highest BCUT2D eigenvalue weighted by atomic mass is 32.2. The van der Waals surface area contributed by atoms with Crippen molar-refractivity contribution in [2.24, 2.45) is 0 Å². The summed E-state index contributed by atoms with van der Waals surface area (Å²) in [4.78, 5) is 4.37. The molecule has 0 radical (unpaired) electrons. The molecule has 2 rings (SSSR count). The van der Waals surface area contributed by atoms with E-state index in [1.807, 2.05) is 30.4 Å². The maximum Gasteiger partial charge on any atom is 0.244 e. The van der Waals surface area contributed by atoms with Gasteiger partial charge in [-0.3, -0.25) is 0 Å². The van der Waals surface area contributed by atoms with E-state index in [2.05, 4.69) is 15.0 Å². The maximum atomic E-state index is 12.5. The number of aromatic nitrogens is 1. The first-order valence-corrected chi connectivity index (χ1v) is 10.7. The normalized spacial score (nSPS) is 19.4. The lowest BCUT2D eigenvalue weighted by atomic mass is 10.4. The van der Waals surface area contributed by atoms with Crippen molar-refractivity contribution in [3.63, 3.8) is 0 Å². The zero-order valence-electron chi connectivity index (χ0n) is 12.0. The van der Waals surface area contributed by atoms with Gasteiger partial charge in [-0.1, -0.05) is 6.92 Å². The van der Waals surface area contributed by atoms with Crippen LogP contribution in [0.1, 0.15) is 13.3 Å². The molecule has 0 amide bonds. The minimum absolute atomic E-state index is 0.229. The highest BCUT2D eigenvalue weighted by Gasteiger charge is 2.22. The molecule has 1 aliphatic rings. The molecule has 1 unspecified atom stereocenters. The van der Waals surface area contributed by atoms with Crippen LogP contribution in [-0.2, 0) is 10.0 Å². The van der Waals surface area contributed by atoms with E-state index in [1.165, 1.54) is 0 Å². The minimum Gasteiger partial charge on any atom is -0.369 e. The third kappa shape index (κ3) is 5.05. The molecule has 21 heavy (non-hydrogen) atoms. The molecule has 118 valence electrons. The van der Waals surface area contributed by atoms with Crippen molar-refractivity contribution >= 4 is 39.4 Å². The van der Waals surface area contributed by atoms with E-state index in [4.69, 9.17) is 0 Å². The summed E-state index contributed by atoms with van der Waals surface area (Å²) in [6, 6.07) is 3.24. The Morgan fingerprint density at radius 2 is 2.29 bits per heavy atom. The van der Waals surface area contributed by atoms with Gasteiger partial charge in [0.15, 0.2) is 0 Å². The van der Waals surface area contributed by atoms with Crippen LogP contribution >= 0.6 is 23.5 Å². The molecular weight excluding hydrogens is 326 g/mol. The smallest absolute Gasteiger partial charge is 0.244 e. The van der Waals surface area contributed by atoms with Crippen LogP contribution in [0, 0.1) is 0 Å². The zero-order chi connectivity index (χ0) is 15.1. The quantitative estimate of drug-likeness (QED) is 0.786.